The summed E-state index contributed by atoms with van der Waals surface area (Å²) in [6.45, 7) is 6.54. The highest BCUT2D eigenvalue weighted by molar-refractivity contribution is 6.34. The Hall–Kier alpha value is -1.72. The fourth-order valence-corrected chi connectivity index (χ4v) is 1.90. The molecule has 1 aromatic rings. The fraction of sp³-hybridized carbons (Fsp3) is 0.389. The van der Waals surface area contributed by atoms with Crippen molar-refractivity contribution in [1.82, 2.24) is 4.90 Å². The van der Waals surface area contributed by atoms with Crippen LogP contribution < -0.4 is 0 Å². The molecule has 0 aromatic heterocycles. The lowest BCUT2D eigenvalue weighted by atomic mass is 9.98. The number of carbonyl (C=O) groups excluding carboxylic acids is 1. The van der Waals surface area contributed by atoms with Crippen LogP contribution in [-0.4, -0.2) is 24.3 Å². The standard InChI is InChI=1S/C18H22ClNO/c1-18(2,3)12-8-5-9-13-20(4)14-17(21)15-10-6-7-11-16(15)19/h6-7,9-11,13H,5,14H2,1-4H3. The van der Waals surface area contributed by atoms with Crippen molar-refractivity contribution in [2.45, 2.75) is 27.2 Å². The second-order valence-corrected chi connectivity index (χ2v) is 6.37. The van der Waals surface area contributed by atoms with E-state index in [0.717, 1.165) is 0 Å². The topological polar surface area (TPSA) is 20.3 Å². The van der Waals surface area contributed by atoms with Gasteiger partial charge in [0.1, 0.15) is 0 Å². The van der Waals surface area contributed by atoms with E-state index in [1.165, 1.54) is 0 Å². The Balaban J connectivity index is 2.50. The number of halogens is 1. The molecule has 1 rings (SSSR count). The number of nitrogens with zero attached hydrogens (tertiary/aromatic N) is 1. The van der Waals surface area contributed by atoms with Gasteiger partial charge < -0.3 is 4.90 Å². The van der Waals surface area contributed by atoms with E-state index < -0.39 is 0 Å². The van der Waals surface area contributed by atoms with Crippen LogP contribution in [0.1, 0.15) is 37.6 Å². The summed E-state index contributed by atoms with van der Waals surface area (Å²) >= 11 is 6.02. The van der Waals surface area contributed by atoms with Gasteiger partial charge in [0.25, 0.3) is 0 Å². The van der Waals surface area contributed by atoms with Crippen molar-refractivity contribution >= 4 is 17.4 Å². The Kier molecular flexibility index (Phi) is 6.52. The van der Waals surface area contributed by atoms with Crippen molar-refractivity contribution < 1.29 is 4.79 Å². The highest BCUT2D eigenvalue weighted by atomic mass is 35.5. The van der Waals surface area contributed by atoms with Crippen LogP contribution in [0.25, 0.3) is 0 Å². The van der Waals surface area contributed by atoms with Crippen molar-refractivity contribution in [3.63, 3.8) is 0 Å². The molecule has 0 heterocycles. The number of hydrogen-bond acceptors (Lipinski definition) is 2. The SMILES string of the molecule is CN(C=CCC#CC(C)(C)C)CC(=O)c1ccccc1Cl. The zero-order valence-corrected chi connectivity index (χ0v) is 13.9. The van der Waals surface area contributed by atoms with Crippen molar-refractivity contribution in [3.05, 3.63) is 47.1 Å². The fourth-order valence-electron chi connectivity index (χ4n) is 1.66. The third-order valence-electron chi connectivity index (χ3n) is 2.61. The van der Waals surface area contributed by atoms with Crippen LogP contribution in [0, 0.1) is 17.3 Å². The maximum Gasteiger partial charge on any atom is 0.183 e. The van der Waals surface area contributed by atoms with Gasteiger partial charge in [-0.05, 0) is 39.1 Å². The van der Waals surface area contributed by atoms with Crippen LogP contribution >= 0.6 is 11.6 Å². The minimum atomic E-state index is 0.00789. The smallest absolute Gasteiger partial charge is 0.183 e. The van der Waals surface area contributed by atoms with Crippen LogP contribution in [-0.2, 0) is 0 Å². The lowest BCUT2D eigenvalue weighted by molar-refractivity contribution is 0.0964. The average molecular weight is 304 g/mol. The molecule has 2 nitrogen and oxygen atoms in total. The Morgan fingerprint density at radius 2 is 2.00 bits per heavy atom. The molecule has 0 saturated heterocycles. The normalized spacial score (nSPS) is 11.1. The van der Waals surface area contributed by atoms with Gasteiger partial charge in [0.15, 0.2) is 5.78 Å². The third kappa shape index (κ3) is 7.02. The third-order valence-corrected chi connectivity index (χ3v) is 2.94. The van der Waals surface area contributed by atoms with Gasteiger partial charge in [-0.3, -0.25) is 4.79 Å². The number of likely N-dealkylation sites (N-methyl/N-ethyl adjacent to an activating group) is 1. The molecule has 0 aliphatic carbocycles. The first kappa shape index (κ1) is 17.3. The van der Waals surface area contributed by atoms with Crippen molar-refractivity contribution in [1.29, 1.82) is 0 Å². The highest BCUT2D eigenvalue weighted by Crippen LogP contribution is 2.15. The molecule has 0 saturated carbocycles. The zero-order valence-electron chi connectivity index (χ0n) is 13.1. The minimum absolute atomic E-state index is 0.00789. The molecule has 0 N–H and O–H groups in total. The van der Waals surface area contributed by atoms with Gasteiger partial charge in [-0.2, -0.15) is 0 Å². The van der Waals surface area contributed by atoms with E-state index in [1.54, 1.807) is 12.1 Å². The number of rotatable bonds is 5. The monoisotopic (exact) mass is 303 g/mol. The molecule has 0 aliphatic rings. The summed E-state index contributed by atoms with van der Waals surface area (Å²) < 4.78 is 0. The molecule has 21 heavy (non-hydrogen) atoms. The first-order valence-electron chi connectivity index (χ1n) is 6.94. The lowest BCUT2D eigenvalue weighted by Crippen LogP contribution is -2.21. The van der Waals surface area contributed by atoms with Crippen LogP contribution in [0.15, 0.2) is 36.5 Å². The summed E-state index contributed by atoms with van der Waals surface area (Å²) in [6.07, 6.45) is 4.52. The van der Waals surface area contributed by atoms with Crippen LogP contribution in [0.4, 0.5) is 0 Å². The van der Waals surface area contributed by atoms with Gasteiger partial charge in [-0.15, -0.1) is 0 Å². The van der Waals surface area contributed by atoms with E-state index in [2.05, 4.69) is 32.6 Å². The van der Waals surface area contributed by atoms with Gasteiger partial charge in [-0.25, -0.2) is 0 Å². The molecular formula is C18H22ClNO. The van der Waals surface area contributed by atoms with E-state index in [4.69, 9.17) is 11.6 Å². The summed E-state index contributed by atoms with van der Waals surface area (Å²) in [5.74, 6) is 6.28. The number of Topliss-reactive ketones (excluding diaryl/α,β-unsaturated/α-hetero) is 1. The molecular weight excluding hydrogens is 282 g/mol. The van der Waals surface area contributed by atoms with E-state index in [9.17, 15) is 4.79 Å². The summed E-state index contributed by atoms with van der Waals surface area (Å²) in [4.78, 5) is 13.9. The number of ketones is 1. The van der Waals surface area contributed by atoms with Gasteiger partial charge >= 0.3 is 0 Å². The Bertz CT molecular complexity index is 573. The van der Waals surface area contributed by atoms with E-state index in [0.29, 0.717) is 23.6 Å². The van der Waals surface area contributed by atoms with Gasteiger partial charge in [0.2, 0.25) is 0 Å². The summed E-state index contributed by atoms with van der Waals surface area (Å²) in [5.41, 5.74) is 0.590. The second kappa shape index (κ2) is 7.90. The molecule has 0 bridgehead atoms. The van der Waals surface area contributed by atoms with Crippen LogP contribution in [0.2, 0.25) is 5.02 Å². The molecule has 112 valence electrons. The van der Waals surface area contributed by atoms with Gasteiger partial charge in [-0.1, -0.05) is 41.7 Å². The number of hydrogen-bond donors (Lipinski definition) is 0. The summed E-state index contributed by atoms with van der Waals surface area (Å²) in [7, 11) is 1.86. The van der Waals surface area contributed by atoms with Gasteiger partial charge in [0.05, 0.1) is 11.6 Å². The van der Waals surface area contributed by atoms with Gasteiger partial charge in [0, 0.05) is 24.4 Å². The van der Waals surface area contributed by atoms with E-state index >= 15 is 0 Å². The highest BCUT2D eigenvalue weighted by Gasteiger charge is 2.10. The number of carbonyl (C=O) groups is 1. The molecule has 0 fully saturated rings. The second-order valence-electron chi connectivity index (χ2n) is 5.96. The largest absolute Gasteiger partial charge is 0.373 e. The Morgan fingerprint density at radius 1 is 1.33 bits per heavy atom. The molecule has 1 aromatic carbocycles. The predicted molar refractivity (Wildman–Crippen MR) is 89.4 cm³/mol. The maximum atomic E-state index is 12.1. The number of allylic oxidation sites excluding steroid dienone is 1. The van der Waals surface area contributed by atoms with Crippen LogP contribution in [0.5, 0.6) is 0 Å². The molecule has 0 unspecified atom stereocenters. The molecule has 0 atom stereocenters. The molecule has 0 amide bonds. The predicted octanol–water partition coefficient (Wildman–Crippen LogP) is 4.41. The molecule has 0 aliphatic heterocycles. The first-order chi connectivity index (χ1) is 9.79. The molecule has 3 heteroatoms. The Labute approximate surface area is 132 Å². The maximum absolute atomic E-state index is 12.1. The zero-order chi connectivity index (χ0) is 15.9. The quantitative estimate of drug-likeness (QED) is 0.593. The van der Waals surface area contributed by atoms with Crippen LogP contribution in [0.3, 0.4) is 0 Å². The Morgan fingerprint density at radius 3 is 2.62 bits per heavy atom. The minimum Gasteiger partial charge on any atom is -0.373 e. The van der Waals surface area contributed by atoms with Crippen molar-refractivity contribution in [2.24, 2.45) is 5.41 Å². The summed E-state index contributed by atoms with van der Waals surface area (Å²) in [5, 5.41) is 0.496. The molecule has 0 spiro atoms. The van der Waals surface area contributed by atoms with E-state index in [-0.39, 0.29) is 11.2 Å². The van der Waals surface area contributed by atoms with Crippen molar-refractivity contribution in [3.8, 4) is 11.8 Å². The van der Waals surface area contributed by atoms with Crippen molar-refractivity contribution in [2.75, 3.05) is 13.6 Å². The number of benzene rings is 1. The first-order valence-corrected chi connectivity index (χ1v) is 7.32. The summed E-state index contributed by atoms with van der Waals surface area (Å²) in [6, 6.07) is 7.11. The van der Waals surface area contributed by atoms with E-state index in [1.807, 2.05) is 36.4 Å². The lowest BCUT2D eigenvalue weighted by Gasteiger charge is -2.13. The average Bonchev–Trinajstić information content (AvgIpc) is 2.37. The molecule has 0 radical (unpaired) electrons.